The smallest absolute Gasteiger partial charge is 0.329 e. The third kappa shape index (κ3) is 2.74. The highest BCUT2D eigenvalue weighted by Gasteiger charge is 2.11. The minimum Gasteiger partial charge on any atom is -0.480 e. The van der Waals surface area contributed by atoms with E-state index in [-0.39, 0.29) is 5.39 Å². The Morgan fingerprint density at radius 2 is 1.95 bits per heavy atom. The van der Waals surface area contributed by atoms with Crippen molar-refractivity contribution in [3.8, 4) is 0 Å². The summed E-state index contributed by atoms with van der Waals surface area (Å²) in [4.78, 5) is 48.1. The van der Waals surface area contributed by atoms with E-state index in [4.69, 9.17) is 5.11 Å². The molecule has 0 radical (unpaired) electrons. The molecule has 1 aromatic carbocycles. The highest BCUT2D eigenvalue weighted by Crippen LogP contribution is 2.02. The van der Waals surface area contributed by atoms with E-state index in [9.17, 15) is 19.2 Å². The molecule has 0 bridgehead atoms. The zero-order valence-electron chi connectivity index (χ0n) is 10.3. The number of amides is 1. The van der Waals surface area contributed by atoms with Crippen molar-refractivity contribution in [1.29, 1.82) is 0 Å². The summed E-state index contributed by atoms with van der Waals surface area (Å²) in [7, 11) is 0. The molecule has 104 valence electrons. The number of aromatic nitrogens is 2. The molecular weight excluding hydrogens is 266 g/mol. The third-order valence-electron chi connectivity index (χ3n) is 2.63. The number of H-pyrrole nitrogens is 1. The molecule has 0 fully saturated rings. The number of para-hydroxylation sites is 1. The van der Waals surface area contributed by atoms with Gasteiger partial charge in [-0.3, -0.25) is 19.0 Å². The van der Waals surface area contributed by atoms with Crippen LogP contribution in [-0.2, 0) is 16.1 Å². The molecule has 2 aromatic rings. The van der Waals surface area contributed by atoms with E-state index in [0.717, 1.165) is 4.57 Å². The normalized spacial score (nSPS) is 10.4. The number of carboxylic acid groups (broad SMARTS) is 1. The number of nitrogens with one attached hydrogen (secondary N) is 2. The first-order chi connectivity index (χ1) is 9.49. The molecule has 0 aliphatic heterocycles. The first kappa shape index (κ1) is 13.5. The Bertz CT molecular complexity index is 790. The van der Waals surface area contributed by atoms with Gasteiger partial charge in [0.1, 0.15) is 13.1 Å². The number of aliphatic carboxylic acids is 1. The Labute approximate surface area is 111 Å². The molecule has 0 saturated carbocycles. The summed E-state index contributed by atoms with van der Waals surface area (Å²) in [5, 5.41) is 10.8. The predicted molar refractivity (Wildman–Crippen MR) is 69.5 cm³/mol. The fourth-order valence-electron chi connectivity index (χ4n) is 1.72. The lowest BCUT2D eigenvalue weighted by molar-refractivity contribution is -0.138. The van der Waals surface area contributed by atoms with Crippen LogP contribution in [-0.4, -0.2) is 33.1 Å². The van der Waals surface area contributed by atoms with Crippen LogP contribution in [0.3, 0.4) is 0 Å². The van der Waals surface area contributed by atoms with Crippen LogP contribution in [0.15, 0.2) is 33.9 Å². The van der Waals surface area contributed by atoms with E-state index < -0.39 is 36.2 Å². The van der Waals surface area contributed by atoms with E-state index in [1.165, 1.54) is 6.07 Å². The number of hydrogen-bond donors (Lipinski definition) is 3. The van der Waals surface area contributed by atoms with Crippen LogP contribution in [0.25, 0.3) is 10.9 Å². The van der Waals surface area contributed by atoms with E-state index in [1.807, 2.05) is 0 Å². The number of aromatic amines is 1. The van der Waals surface area contributed by atoms with Crippen LogP contribution in [0.4, 0.5) is 0 Å². The molecule has 1 heterocycles. The fourth-order valence-corrected chi connectivity index (χ4v) is 1.72. The molecule has 0 aliphatic carbocycles. The monoisotopic (exact) mass is 277 g/mol. The zero-order valence-corrected chi connectivity index (χ0v) is 10.3. The average Bonchev–Trinajstić information content (AvgIpc) is 2.41. The fraction of sp³-hybridized carbons (Fsp3) is 0.167. The number of carbonyl (C=O) groups excluding carboxylic acids is 1. The summed E-state index contributed by atoms with van der Waals surface area (Å²) >= 11 is 0. The molecular formula is C12H11N3O5. The number of fused-ring (bicyclic) bond motifs is 1. The van der Waals surface area contributed by atoms with Gasteiger partial charge in [-0.25, -0.2) is 4.79 Å². The number of nitrogens with zero attached hydrogens (tertiary/aromatic N) is 1. The van der Waals surface area contributed by atoms with Crippen molar-refractivity contribution in [3.63, 3.8) is 0 Å². The molecule has 20 heavy (non-hydrogen) atoms. The number of carbonyl (C=O) groups is 2. The molecule has 0 unspecified atom stereocenters. The summed E-state index contributed by atoms with van der Waals surface area (Å²) in [6, 6.07) is 6.41. The van der Waals surface area contributed by atoms with Crippen LogP contribution < -0.4 is 16.6 Å². The van der Waals surface area contributed by atoms with Crippen molar-refractivity contribution in [1.82, 2.24) is 14.9 Å². The Hall–Kier alpha value is -2.90. The van der Waals surface area contributed by atoms with Crippen molar-refractivity contribution >= 4 is 22.8 Å². The predicted octanol–water partition coefficient (Wildman–Crippen LogP) is -1.11. The minimum absolute atomic E-state index is 0.276. The van der Waals surface area contributed by atoms with Gasteiger partial charge in [-0.2, -0.15) is 0 Å². The van der Waals surface area contributed by atoms with E-state index in [2.05, 4.69) is 10.3 Å². The molecule has 2 rings (SSSR count). The lowest BCUT2D eigenvalue weighted by atomic mass is 10.2. The Morgan fingerprint density at radius 1 is 1.25 bits per heavy atom. The van der Waals surface area contributed by atoms with E-state index in [1.54, 1.807) is 18.2 Å². The summed E-state index contributed by atoms with van der Waals surface area (Å²) in [5.74, 6) is -1.94. The maximum atomic E-state index is 12.1. The minimum atomic E-state index is -1.21. The quantitative estimate of drug-likeness (QED) is 0.654. The maximum Gasteiger partial charge on any atom is 0.329 e. The van der Waals surface area contributed by atoms with Crippen molar-refractivity contribution < 1.29 is 14.7 Å². The maximum absolute atomic E-state index is 12.1. The second-order valence-electron chi connectivity index (χ2n) is 4.04. The Balaban J connectivity index is 2.35. The Morgan fingerprint density at radius 3 is 2.65 bits per heavy atom. The summed E-state index contributed by atoms with van der Waals surface area (Å²) in [6.07, 6.45) is 0. The van der Waals surface area contributed by atoms with Crippen molar-refractivity contribution in [2.24, 2.45) is 0 Å². The highest BCUT2D eigenvalue weighted by molar-refractivity contribution is 5.81. The largest absolute Gasteiger partial charge is 0.480 e. The highest BCUT2D eigenvalue weighted by atomic mass is 16.4. The first-order valence-electron chi connectivity index (χ1n) is 5.69. The van der Waals surface area contributed by atoms with Gasteiger partial charge in [0, 0.05) is 0 Å². The molecule has 0 atom stereocenters. The van der Waals surface area contributed by atoms with Crippen LogP contribution >= 0.6 is 0 Å². The van der Waals surface area contributed by atoms with Crippen molar-refractivity contribution in [3.05, 3.63) is 45.1 Å². The summed E-state index contributed by atoms with van der Waals surface area (Å²) in [6.45, 7) is -1.11. The number of rotatable bonds is 4. The van der Waals surface area contributed by atoms with Gasteiger partial charge < -0.3 is 15.4 Å². The van der Waals surface area contributed by atoms with Crippen molar-refractivity contribution in [2.45, 2.75) is 6.54 Å². The van der Waals surface area contributed by atoms with Gasteiger partial charge in [-0.1, -0.05) is 12.1 Å². The van der Waals surface area contributed by atoms with Crippen LogP contribution in [0.2, 0.25) is 0 Å². The summed E-state index contributed by atoms with van der Waals surface area (Å²) in [5.41, 5.74) is -0.946. The number of carboxylic acids is 1. The molecule has 0 saturated heterocycles. The van der Waals surface area contributed by atoms with Gasteiger partial charge in [0.05, 0.1) is 10.9 Å². The third-order valence-corrected chi connectivity index (χ3v) is 2.63. The van der Waals surface area contributed by atoms with Gasteiger partial charge in [-0.15, -0.1) is 0 Å². The zero-order chi connectivity index (χ0) is 14.7. The van der Waals surface area contributed by atoms with E-state index in [0.29, 0.717) is 5.52 Å². The van der Waals surface area contributed by atoms with Crippen molar-refractivity contribution in [2.75, 3.05) is 6.54 Å². The molecule has 8 heteroatoms. The van der Waals surface area contributed by atoms with E-state index >= 15 is 0 Å². The van der Waals surface area contributed by atoms with Gasteiger partial charge in [0.2, 0.25) is 5.91 Å². The van der Waals surface area contributed by atoms with Gasteiger partial charge in [0.15, 0.2) is 0 Å². The molecule has 8 nitrogen and oxygen atoms in total. The standard InChI is InChI=1S/C12H11N3O5/c16-9(13-5-10(17)18)6-15-11(19)7-3-1-2-4-8(7)14-12(15)20/h1-4H,5-6H2,(H,13,16)(H,14,20)(H,17,18). The van der Waals surface area contributed by atoms with Gasteiger partial charge in [-0.05, 0) is 12.1 Å². The molecule has 0 spiro atoms. The first-order valence-corrected chi connectivity index (χ1v) is 5.69. The lowest BCUT2D eigenvalue weighted by Crippen LogP contribution is -2.41. The number of benzene rings is 1. The SMILES string of the molecule is O=C(O)CNC(=O)Cn1c(=O)[nH]c2ccccc2c1=O. The second-order valence-corrected chi connectivity index (χ2v) is 4.04. The van der Waals surface area contributed by atoms with Gasteiger partial charge >= 0.3 is 11.7 Å². The average molecular weight is 277 g/mol. The number of hydrogen-bond acceptors (Lipinski definition) is 4. The van der Waals surface area contributed by atoms with Crippen LogP contribution in [0, 0.1) is 0 Å². The van der Waals surface area contributed by atoms with Crippen LogP contribution in [0.1, 0.15) is 0 Å². The van der Waals surface area contributed by atoms with Gasteiger partial charge in [0.25, 0.3) is 5.56 Å². The summed E-state index contributed by atoms with van der Waals surface area (Å²) < 4.78 is 0.722. The topological polar surface area (TPSA) is 121 Å². The lowest BCUT2D eigenvalue weighted by Gasteiger charge is -2.06. The molecule has 1 amide bonds. The molecule has 0 aliphatic rings. The molecule has 3 N–H and O–H groups in total. The van der Waals surface area contributed by atoms with Crippen LogP contribution in [0.5, 0.6) is 0 Å². The second kappa shape index (κ2) is 5.39. The molecule has 1 aromatic heterocycles. The Kier molecular flexibility index (Phi) is 3.65.